The molecule has 0 bridgehead atoms. The molecule has 0 saturated heterocycles. The Morgan fingerprint density at radius 3 is 2.51 bits per heavy atom. The second-order valence-corrected chi connectivity index (χ2v) is 12.1. The monoisotopic (exact) mass is 563 g/mol. The molecule has 9 nitrogen and oxygen atoms in total. The van der Waals surface area contributed by atoms with Gasteiger partial charge in [0.15, 0.2) is 11.6 Å². The molecule has 2 amide bonds. The molecule has 0 aliphatic rings. The lowest BCUT2D eigenvalue weighted by Gasteiger charge is -2.14. The smallest absolute Gasteiger partial charge is 0.288 e. The van der Waals surface area contributed by atoms with Gasteiger partial charge in [-0.1, -0.05) is 6.07 Å². The van der Waals surface area contributed by atoms with Gasteiger partial charge in [-0.3, -0.25) is 19.5 Å². The maximum Gasteiger partial charge on any atom is 0.288 e. The molecule has 0 fully saturated rings. The third kappa shape index (κ3) is 6.09. The summed E-state index contributed by atoms with van der Waals surface area (Å²) in [4.78, 5) is 32.2. The van der Waals surface area contributed by atoms with Crippen molar-refractivity contribution in [2.75, 3.05) is 18.6 Å². The third-order valence-electron chi connectivity index (χ3n) is 5.60. The Labute approximate surface area is 219 Å². The largest absolute Gasteiger partial charge is 0.435 e. The van der Waals surface area contributed by atoms with Crippen molar-refractivity contribution < 1.29 is 36.5 Å². The van der Waals surface area contributed by atoms with Gasteiger partial charge in [0.2, 0.25) is 24.0 Å². The zero-order valence-corrected chi connectivity index (χ0v) is 21.5. The summed E-state index contributed by atoms with van der Waals surface area (Å²) in [5, 5.41) is 2.69. The first-order chi connectivity index (χ1) is 18.3. The number of ether oxygens (including phenoxy) is 1. The fraction of sp³-hybridized carbons (Fsp3) is 0.200. The summed E-state index contributed by atoms with van der Waals surface area (Å²) in [6.07, 6.45) is -5.34. The van der Waals surface area contributed by atoms with Gasteiger partial charge in [0, 0.05) is 11.5 Å². The number of carbonyl (C=O) groups excluding carboxylic acids is 2. The van der Waals surface area contributed by atoms with E-state index in [4.69, 9.17) is 10.5 Å². The van der Waals surface area contributed by atoms with Crippen LogP contribution in [-0.4, -0.2) is 46.1 Å². The topological polar surface area (TPSA) is 129 Å². The molecule has 1 atom stereocenters. The number of hydrogen-bond donors (Lipinski definition) is 2. The number of aromatic nitrogens is 3. The van der Waals surface area contributed by atoms with E-state index in [1.165, 1.54) is 62.0 Å². The number of carbonyl (C=O) groups is 2. The summed E-state index contributed by atoms with van der Waals surface area (Å²) in [5.41, 5.74) is 5.40. The fourth-order valence-corrected chi connectivity index (χ4v) is 4.59. The van der Waals surface area contributed by atoms with Crippen LogP contribution in [0.25, 0.3) is 11.0 Å². The van der Waals surface area contributed by atoms with Crippen LogP contribution < -0.4 is 21.1 Å². The van der Waals surface area contributed by atoms with Crippen molar-refractivity contribution in [2.45, 2.75) is 19.1 Å². The molecule has 0 spiro atoms. The Bertz CT molecular complexity index is 1620. The number of anilines is 1. The number of nitrogens with zero attached hydrogens (tertiary/aromatic N) is 3. The van der Waals surface area contributed by atoms with Crippen molar-refractivity contribution in [1.29, 1.82) is 0 Å². The molecule has 14 heteroatoms. The van der Waals surface area contributed by atoms with E-state index in [0.29, 0.717) is 9.87 Å². The normalized spacial score (nSPS) is 12.5. The van der Waals surface area contributed by atoms with Gasteiger partial charge in [-0.25, -0.2) is 27.5 Å². The Morgan fingerprint density at radius 2 is 1.87 bits per heavy atom. The molecular weight excluding hydrogens is 541 g/mol. The minimum Gasteiger partial charge on any atom is -0.435 e. The predicted octanol–water partition coefficient (Wildman–Crippen LogP) is 4.62. The zero-order valence-electron chi connectivity index (χ0n) is 20.6. The van der Waals surface area contributed by atoms with E-state index in [2.05, 4.69) is 15.3 Å². The molecule has 0 radical (unpaired) electrons. The summed E-state index contributed by atoms with van der Waals surface area (Å²) >= 11 is 0. The van der Waals surface area contributed by atoms with Crippen LogP contribution in [0.2, 0.25) is 0 Å². The number of halogens is 4. The molecule has 2 aromatic heterocycles. The molecular formula is C25H22F4N5O4P. The third-order valence-corrected chi connectivity index (χ3v) is 7.13. The van der Waals surface area contributed by atoms with E-state index < -0.39 is 49.9 Å². The van der Waals surface area contributed by atoms with E-state index in [-0.39, 0.29) is 33.8 Å². The average molecular weight is 563 g/mol. The molecule has 4 aromatic rings. The Hall–Kier alpha value is -4.25. The highest BCUT2D eigenvalue weighted by molar-refractivity contribution is 7.70. The number of nitrogens with one attached hydrogen (secondary N) is 1. The van der Waals surface area contributed by atoms with Gasteiger partial charge < -0.3 is 15.0 Å². The van der Waals surface area contributed by atoms with Crippen LogP contribution in [0.4, 0.5) is 23.5 Å². The second-order valence-electron chi connectivity index (χ2n) is 8.85. The van der Waals surface area contributed by atoms with Crippen molar-refractivity contribution in [3.63, 3.8) is 0 Å². The number of imidazole rings is 1. The molecule has 4 rings (SSSR count). The van der Waals surface area contributed by atoms with Crippen molar-refractivity contribution in [3.8, 4) is 11.6 Å². The number of fused-ring (bicyclic) bond motifs is 1. The molecule has 3 N–H and O–H groups in total. The number of benzene rings is 2. The zero-order chi connectivity index (χ0) is 28.5. The van der Waals surface area contributed by atoms with Crippen LogP contribution >= 0.6 is 7.14 Å². The summed E-state index contributed by atoms with van der Waals surface area (Å²) in [6, 6.07) is 10.5. The summed E-state index contributed by atoms with van der Waals surface area (Å²) < 4.78 is 74.1. The molecule has 1 unspecified atom stereocenters. The van der Waals surface area contributed by atoms with E-state index in [9.17, 15) is 31.7 Å². The summed E-state index contributed by atoms with van der Waals surface area (Å²) in [5.74, 6) is -3.49. The summed E-state index contributed by atoms with van der Waals surface area (Å²) in [7, 11) is -2.73. The molecule has 0 saturated carbocycles. The van der Waals surface area contributed by atoms with Gasteiger partial charge >= 0.3 is 0 Å². The molecule has 204 valence electrons. The van der Waals surface area contributed by atoms with Crippen LogP contribution in [0.1, 0.15) is 22.2 Å². The number of rotatable bonds is 9. The van der Waals surface area contributed by atoms with E-state index in [0.717, 1.165) is 6.07 Å². The SMILES string of the molecule is CP(C)(=O)c1ccc2c(c1)nc(NC(=O)Cc1ccc(Oc3ncccc3C(N)=O)c(F)c1)n2C(F)C(F)F. The van der Waals surface area contributed by atoms with Gasteiger partial charge in [-0.2, -0.15) is 0 Å². The lowest BCUT2D eigenvalue weighted by molar-refractivity contribution is -0.115. The number of pyridine rings is 1. The van der Waals surface area contributed by atoms with Crippen molar-refractivity contribution in [1.82, 2.24) is 14.5 Å². The molecule has 0 aliphatic heterocycles. The van der Waals surface area contributed by atoms with Gasteiger partial charge in [0.05, 0.1) is 17.5 Å². The van der Waals surface area contributed by atoms with Gasteiger partial charge in [-0.15, -0.1) is 0 Å². The highest BCUT2D eigenvalue weighted by atomic mass is 31.2. The van der Waals surface area contributed by atoms with Crippen molar-refractivity contribution in [3.05, 3.63) is 71.7 Å². The predicted molar refractivity (Wildman–Crippen MR) is 137 cm³/mol. The van der Waals surface area contributed by atoms with Gasteiger partial charge in [0.1, 0.15) is 12.7 Å². The highest BCUT2D eigenvalue weighted by Gasteiger charge is 2.28. The lowest BCUT2D eigenvalue weighted by atomic mass is 10.1. The number of hydrogen-bond acceptors (Lipinski definition) is 6. The molecule has 0 aliphatic carbocycles. The van der Waals surface area contributed by atoms with E-state index >= 15 is 0 Å². The quantitative estimate of drug-likeness (QED) is 0.226. The molecule has 2 heterocycles. The molecule has 2 aromatic carbocycles. The number of alkyl halides is 3. The minimum absolute atomic E-state index is 0.0345. The molecule has 39 heavy (non-hydrogen) atoms. The van der Waals surface area contributed by atoms with E-state index in [1.54, 1.807) is 0 Å². The minimum atomic E-state index is -3.42. The summed E-state index contributed by atoms with van der Waals surface area (Å²) in [6.45, 7) is 3.01. The Balaban J connectivity index is 1.57. The fourth-order valence-electron chi connectivity index (χ4n) is 3.73. The first kappa shape index (κ1) is 27.8. The lowest BCUT2D eigenvalue weighted by Crippen LogP contribution is -2.21. The number of amides is 2. The van der Waals surface area contributed by atoms with E-state index in [1.807, 2.05) is 0 Å². The average Bonchev–Trinajstić information content (AvgIpc) is 3.21. The van der Waals surface area contributed by atoms with Crippen LogP contribution in [0, 0.1) is 5.82 Å². The first-order valence-corrected chi connectivity index (χ1v) is 14.0. The maximum absolute atomic E-state index is 14.7. The number of nitrogens with two attached hydrogens (primary N) is 1. The van der Waals surface area contributed by atoms with Gasteiger partial charge in [-0.05, 0) is 61.4 Å². The van der Waals surface area contributed by atoms with Crippen LogP contribution in [0.15, 0.2) is 54.7 Å². The van der Waals surface area contributed by atoms with Crippen molar-refractivity contribution >= 4 is 41.2 Å². The van der Waals surface area contributed by atoms with Crippen LogP contribution in [0.3, 0.4) is 0 Å². The second kappa shape index (κ2) is 10.9. The van der Waals surface area contributed by atoms with Gasteiger partial charge in [0.25, 0.3) is 12.3 Å². The number of primary amides is 1. The maximum atomic E-state index is 14.7. The van der Waals surface area contributed by atoms with Crippen molar-refractivity contribution in [2.24, 2.45) is 5.73 Å². The van der Waals surface area contributed by atoms with Crippen LogP contribution in [-0.2, 0) is 15.8 Å². The first-order valence-electron chi connectivity index (χ1n) is 11.4. The Morgan fingerprint density at radius 1 is 1.13 bits per heavy atom. The highest BCUT2D eigenvalue weighted by Crippen LogP contribution is 2.37. The Kier molecular flexibility index (Phi) is 7.73. The standard InChI is InChI=1S/C25H22F4N5O4P/c1-39(2,37)14-6-7-18-17(12-14)32-25(34(18)22(29)21(27)28)33-20(35)11-13-5-8-19(16(26)10-13)38-24-15(23(30)36)4-3-9-31-24/h3-10,12,21-22H,11H2,1-2H3,(H2,30,36)(H,32,33,35). The van der Waals surface area contributed by atoms with Crippen LogP contribution in [0.5, 0.6) is 11.6 Å².